The van der Waals surface area contributed by atoms with Crippen molar-refractivity contribution in [3.63, 3.8) is 0 Å². The van der Waals surface area contributed by atoms with E-state index in [4.69, 9.17) is 0 Å². The van der Waals surface area contributed by atoms with E-state index in [1.165, 1.54) is 0 Å². The fraction of sp³-hybridized carbons (Fsp3) is 0.300. The second kappa shape index (κ2) is 3.68. The van der Waals surface area contributed by atoms with E-state index < -0.39 is 0 Å². The summed E-state index contributed by atoms with van der Waals surface area (Å²) in [7, 11) is 0. The molecule has 1 N–H and O–H groups in total. The van der Waals surface area contributed by atoms with Gasteiger partial charge < -0.3 is 4.90 Å². The number of imide groups is 1. The van der Waals surface area contributed by atoms with Crippen LogP contribution in [0.1, 0.15) is 5.56 Å². The molecule has 0 aromatic carbocycles. The number of rotatable bonds is 1. The first-order chi connectivity index (χ1) is 7.15. The van der Waals surface area contributed by atoms with Crippen LogP contribution in [0.3, 0.4) is 0 Å². The van der Waals surface area contributed by atoms with Crippen molar-refractivity contribution in [3.05, 3.63) is 24.0 Å². The van der Waals surface area contributed by atoms with Crippen LogP contribution in [0.25, 0.3) is 0 Å². The van der Waals surface area contributed by atoms with Crippen molar-refractivity contribution in [2.75, 3.05) is 18.0 Å². The zero-order chi connectivity index (χ0) is 10.8. The summed E-state index contributed by atoms with van der Waals surface area (Å²) in [6.45, 7) is 2.33. The molecule has 1 aliphatic rings. The predicted octanol–water partition coefficient (Wildman–Crippen LogP) is -0.147. The Balaban J connectivity index is 2.23. The summed E-state index contributed by atoms with van der Waals surface area (Å²) >= 11 is 0. The highest BCUT2D eigenvalue weighted by molar-refractivity contribution is 6.02. The Morgan fingerprint density at radius 3 is 2.53 bits per heavy atom. The fourth-order valence-electron chi connectivity index (χ4n) is 1.53. The van der Waals surface area contributed by atoms with Gasteiger partial charge in [-0.3, -0.25) is 19.9 Å². The summed E-state index contributed by atoms with van der Waals surface area (Å²) in [5.74, 6) is -0.541. The van der Waals surface area contributed by atoms with Crippen LogP contribution in [0, 0.1) is 6.92 Å². The molecule has 1 aromatic heterocycles. The SMILES string of the molecule is Cc1cncc(N2CC(=O)NC(=O)C2)c1. The van der Waals surface area contributed by atoms with Crippen LogP contribution in [-0.4, -0.2) is 29.9 Å². The molecule has 0 saturated carbocycles. The fourth-order valence-corrected chi connectivity index (χ4v) is 1.53. The summed E-state index contributed by atoms with van der Waals surface area (Å²) in [4.78, 5) is 28.0. The summed E-state index contributed by atoms with van der Waals surface area (Å²) < 4.78 is 0. The first-order valence-corrected chi connectivity index (χ1v) is 4.64. The van der Waals surface area contributed by atoms with E-state index >= 15 is 0 Å². The maximum Gasteiger partial charge on any atom is 0.246 e. The summed E-state index contributed by atoms with van der Waals surface area (Å²) in [6, 6.07) is 1.90. The van der Waals surface area contributed by atoms with Gasteiger partial charge in [0, 0.05) is 6.20 Å². The highest BCUT2D eigenvalue weighted by Crippen LogP contribution is 2.14. The second-order valence-electron chi connectivity index (χ2n) is 3.55. The summed E-state index contributed by atoms with van der Waals surface area (Å²) in [5.41, 5.74) is 1.81. The van der Waals surface area contributed by atoms with Crippen LogP contribution in [0.15, 0.2) is 18.5 Å². The first-order valence-electron chi connectivity index (χ1n) is 4.64. The minimum Gasteiger partial charge on any atom is -0.352 e. The molecule has 2 rings (SSSR count). The molecule has 2 amide bonds. The van der Waals surface area contributed by atoms with Crippen LogP contribution in [0.4, 0.5) is 5.69 Å². The number of nitrogens with one attached hydrogen (secondary N) is 1. The van der Waals surface area contributed by atoms with E-state index in [0.717, 1.165) is 11.3 Å². The normalized spacial score (nSPS) is 16.5. The van der Waals surface area contributed by atoms with Gasteiger partial charge in [0.05, 0.1) is 25.0 Å². The molecule has 5 nitrogen and oxygen atoms in total. The Morgan fingerprint density at radius 1 is 1.27 bits per heavy atom. The third-order valence-electron chi connectivity index (χ3n) is 2.17. The zero-order valence-electron chi connectivity index (χ0n) is 8.36. The number of nitrogens with zero attached hydrogens (tertiary/aromatic N) is 2. The van der Waals surface area contributed by atoms with E-state index in [1.54, 1.807) is 17.3 Å². The van der Waals surface area contributed by atoms with Gasteiger partial charge in [0.25, 0.3) is 0 Å². The molecule has 2 heterocycles. The number of aryl methyl sites for hydroxylation is 1. The van der Waals surface area contributed by atoms with Gasteiger partial charge in [-0.1, -0.05) is 0 Å². The molecule has 78 valence electrons. The lowest BCUT2D eigenvalue weighted by molar-refractivity contribution is -0.130. The number of hydrogen-bond donors (Lipinski definition) is 1. The van der Waals surface area contributed by atoms with Crippen molar-refractivity contribution in [1.29, 1.82) is 0 Å². The average Bonchev–Trinajstić information content (AvgIpc) is 2.16. The van der Waals surface area contributed by atoms with E-state index in [1.807, 2.05) is 13.0 Å². The van der Waals surface area contributed by atoms with E-state index in [0.29, 0.717) is 0 Å². The van der Waals surface area contributed by atoms with Crippen LogP contribution in [0.5, 0.6) is 0 Å². The van der Waals surface area contributed by atoms with E-state index in [2.05, 4.69) is 10.3 Å². The van der Waals surface area contributed by atoms with Crippen LogP contribution in [0.2, 0.25) is 0 Å². The molecular weight excluding hydrogens is 194 g/mol. The van der Waals surface area contributed by atoms with Crippen molar-refractivity contribution in [3.8, 4) is 0 Å². The highest BCUT2D eigenvalue weighted by Gasteiger charge is 2.22. The number of anilines is 1. The van der Waals surface area contributed by atoms with E-state index in [9.17, 15) is 9.59 Å². The molecule has 1 aromatic rings. The number of aromatic nitrogens is 1. The Kier molecular flexibility index (Phi) is 2.37. The van der Waals surface area contributed by atoms with Crippen LogP contribution < -0.4 is 10.2 Å². The topological polar surface area (TPSA) is 62.3 Å². The molecule has 0 bridgehead atoms. The standard InChI is InChI=1S/C10H11N3O2/c1-7-2-8(4-11-3-7)13-5-9(14)12-10(15)6-13/h2-4H,5-6H2,1H3,(H,12,14,15). The number of hydrogen-bond acceptors (Lipinski definition) is 4. The van der Waals surface area contributed by atoms with Crippen molar-refractivity contribution < 1.29 is 9.59 Å². The first kappa shape index (κ1) is 9.64. The number of pyridine rings is 1. The molecule has 0 spiro atoms. The van der Waals surface area contributed by atoms with Gasteiger partial charge >= 0.3 is 0 Å². The van der Waals surface area contributed by atoms with Gasteiger partial charge in [-0.2, -0.15) is 0 Å². The number of amides is 2. The Hall–Kier alpha value is -1.91. The quantitative estimate of drug-likeness (QED) is 0.648. The third-order valence-corrected chi connectivity index (χ3v) is 2.17. The molecule has 15 heavy (non-hydrogen) atoms. The van der Waals surface area contributed by atoms with Gasteiger partial charge in [-0.05, 0) is 18.6 Å². The summed E-state index contributed by atoms with van der Waals surface area (Å²) in [5, 5.41) is 2.25. The van der Waals surface area contributed by atoms with Gasteiger partial charge in [0.15, 0.2) is 0 Å². The lowest BCUT2D eigenvalue weighted by Crippen LogP contribution is -2.51. The largest absolute Gasteiger partial charge is 0.352 e. The Labute approximate surface area is 87.1 Å². The maximum atomic E-state index is 11.1. The second-order valence-corrected chi connectivity index (χ2v) is 3.55. The monoisotopic (exact) mass is 205 g/mol. The van der Waals surface area contributed by atoms with Crippen LogP contribution >= 0.6 is 0 Å². The molecular formula is C10H11N3O2. The van der Waals surface area contributed by atoms with Crippen molar-refractivity contribution in [2.45, 2.75) is 6.92 Å². The molecule has 1 saturated heterocycles. The van der Waals surface area contributed by atoms with Gasteiger partial charge in [-0.25, -0.2) is 0 Å². The van der Waals surface area contributed by atoms with Crippen molar-refractivity contribution in [1.82, 2.24) is 10.3 Å². The van der Waals surface area contributed by atoms with Crippen molar-refractivity contribution >= 4 is 17.5 Å². The molecule has 0 aliphatic carbocycles. The Morgan fingerprint density at radius 2 is 1.93 bits per heavy atom. The number of carbonyl (C=O) groups excluding carboxylic acids is 2. The molecule has 1 aliphatic heterocycles. The maximum absolute atomic E-state index is 11.1. The molecule has 0 atom stereocenters. The smallest absolute Gasteiger partial charge is 0.246 e. The lowest BCUT2D eigenvalue weighted by atomic mass is 10.2. The van der Waals surface area contributed by atoms with Crippen molar-refractivity contribution in [2.24, 2.45) is 0 Å². The van der Waals surface area contributed by atoms with E-state index in [-0.39, 0.29) is 24.9 Å². The molecule has 5 heteroatoms. The zero-order valence-corrected chi connectivity index (χ0v) is 8.36. The lowest BCUT2D eigenvalue weighted by Gasteiger charge is -2.27. The molecule has 0 radical (unpaired) electrons. The predicted molar refractivity (Wildman–Crippen MR) is 54.3 cm³/mol. The molecule has 1 fully saturated rings. The molecule has 0 unspecified atom stereocenters. The third kappa shape index (κ3) is 2.12. The average molecular weight is 205 g/mol. The number of piperazine rings is 1. The van der Waals surface area contributed by atoms with Gasteiger partial charge in [0.2, 0.25) is 11.8 Å². The highest BCUT2D eigenvalue weighted by atomic mass is 16.2. The van der Waals surface area contributed by atoms with Gasteiger partial charge in [-0.15, -0.1) is 0 Å². The summed E-state index contributed by atoms with van der Waals surface area (Å²) in [6.07, 6.45) is 3.38. The minimum atomic E-state index is -0.271. The number of carbonyl (C=O) groups is 2. The van der Waals surface area contributed by atoms with Crippen LogP contribution in [-0.2, 0) is 9.59 Å². The Bertz CT molecular complexity index is 401. The minimum absolute atomic E-state index is 0.205. The van der Waals surface area contributed by atoms with Gasteiger partial charge in [0.1, 0.15) is 0 Å².